The van der Waals surface area contributed by atoms with Crippen molar-refractivity contribution in [3.63, 3.8) is 0 Å². The first-order chi connectivity index (χ1) is 13.6. The Labute approximate surface area is 164 Å². The summed E-state index contributed by atoms with van der Waals surface area (Å²) in [4.78, 5) is 0. The molecule has 28 heavy (non-hydrogen) atoms. The van der Waals surface area contributed by atoms with E-state index >= 15 is 0 Å². The fourth-order valence-electron chi connectivity index (χ4n) is 2.72. The van der Waals surface area contributed by atoms with Crippen molar-refractivity contribution in [2.24, 2.45) is 0 Å². The summed E-state index contributed by atoms with van der Waals surface area (Å²) < 4.78 is 10.1. The Balaban J connectivity index is 1.67. The first kappa shape index (κ1) is 19.1. The van der Waals surface area contributed by atoms with Crippen molar-refractivity contribution in [1.82, 2.24) is 0 Å². The third kappa shape index (κ3) is 4.74. The maximum Gasteiger partial charge on any atom is 0.160 e. The SMILES string of the molecule is COc1ccc(/C=C/c2ccc(/C=C/c3ccc(OC)c(O)c3)cc2)cc1O. The zero-order valence-corrected chi connectivity index (χ0v) is 15.8. The molecule has 0 aromatic heterocycles. The smallest absolute Gasteiger partial charge is 0.160 e. The molecule has 0 bridgehead atoms. The molecule has 0 heterocycles. The van der Waals surface area contributed by atoms with Gasteiger partial charge in [-0.3, -0.25) is 0 Å². The van der Waals surface area contributed by atoms with E-state index in [9.17, 15) is 10.2 Å². The van der Waals surface area contributed by atoms with Crippen LogP contribution in [-0.2, 0) is 0 Å². The van der Waals surface area contributed by atoms with E-state index in [4.69, 9.17) is 9.47 Å². The summed E-state index contributed by atoms with van der Waals surface area (Å²) in [5, 5.41) is 19.7. The Bertz CT molecular complexity index is 919. The molecule has 3 aromatic rings. The van der Waals surface area contributed by atoms with Crippen LogP contribution in [0.5, 0.6) is 23.0 Å². The molecule has 0 unspecified atom stereocenters. The molecule has 0 aliphatic carbocycles. The Hall–Kier alpha value is -3.66. The monoisotopic (exact) mass is 374 g/mol. The second-order valence-corrected chi connectivity index (χ2v) is 6.20. The Morgan fingerprint density at radius 3 is 1.18 bits per heavy atom. The molecule has 0 spiro atoms. The molecule has 3 aromatic carbocycles. The Morgan fingerprint density at radius 2 is 0.857 bits per heavy atom. The van der Waals surface area contributed by atoms with Gasteiger partial charge in [0.05, 0.1) is 14.2 Å². The van der Waals surface area contributed by atoms with E-state index in [1.165, 1.54) is 14.2 Å². The van der Waals surface area contributed by atoms with Crippen LogP contribution in [0.25, 0.3) is 24.3 Å². The zero-order valence-electron chi connectivity index (χ0n) is 15.8. The Kier molecular flexibility index (Phi) is 6.02. The van der Waals surface area contributed by atoms with Gasteiger partial charge in [-0.15, -0.1) is 0 Å². The lowest BCUT2D eigenvalue weighted by atomic mass is 10.1. The lowest BCUT2D eigenvalue weighted by Crippen LogP contribution is -1.83. The van der Waals surface area contributed by atoms with E-state index in [2.05, 4.69) is 0 Å². The van der Waals surface area contributed by atoms with E-state index < -0.39 is 0 Å². The molecule has 0 atom stereocenters. The summed E-state index contributed by atoms with van der Waals surface area (Å²) >= 11 is 0. The molecule has 0 amide bonds. The summed E-state index contributed by atoms with van der Waals surface area (Å²) in [7, 11) is 3.05. The molecule has 4 nitrogen and oxygen atoms in total. The van der Waals surface area contributed by atoms with Crippen LogP contribution in [0, 0.1) is 0 Å². The highest BCUT2D eigenvalue weighted by Gasteiger charge is 2.01. The van der Waals surface area contributed by atoms with E-state index in [1.54, 1.807) is 24.3 Å². The van der Waals surface area contributed by atoms with Gasteiger partial charge in [0.15, 0.2) is 23.0 Å². The van der Waals surface area contributed by atoms with Crippen molar-refractivity contribution in [1.29, 1.82) is 0 Å². The molecule has 3 rings (SSSR count). The Morgan fingerprint density at radius 1 is 0.536 bits per heavy atom. The van der Waals surface area contributed by atoms with E-state index in [1.807, 2.05) is 60.7 Å². The average molecular weight is 374 g/mol. The highest BCUT2D eigenvalue weighted by atomic mass is 16.5. The van der Waals surface area contributed by atoms with Crippen molar-refractivity contribution in [3.05, 3.63) is 82.9 Å². The minimum atomic E-state index is 0.120. The van der Waals surface area contributed by atoms with Gasteiger partial charge in [0.25, 0.3) is 0 Å². The van der Waals surface area contributed by atoms with Crippen LogP contribution >= 0.6 is 0 Å². The van der Waals surface area contributed by atoms with Gasteiger partial charge in [0.1, 0.15) is 0 Å². The summed E-state index contributed by atoms with van der Waals surface area (Å²) in [5.41, 5.74) is 3.88. The van der Waals surface area contributed by atoms with Crippen molar-refractivity contribution in [2.45, 2.75) is 0 Å². The predicted octanol–water partition coefficient (Wildman–Crippen LogP) is 5.46. The number of benzene rings is 3. The highest BCUT2D eigenvalue weighted by molar-refractivity contribution is 5.74. The number of methoxy groups -OCH3 is 2. The largest absolute Gasteiger partial charge is 0.504 e. The summed E-state index contributed by atoms with van der Waals surface area (Å²) in [6.45, 7) is 0. The topological polar surface area (TPSA) is 58.9 Å². The van der Waals surface area contributed by atoms with Crippen LogP contribution in [0.4, 0.5) is 0 Å². The van der Waals surface area contributed by atoms with Crippen LogP contribution in [0.1, 0.15) is 22.3 Å². The molecule has 0 aliphatic rings. The van der Waals surface area contributed by atoms with Gasteiger partial charge in [0.2, 0.25) is 0 Å². The van der Waals surface area contributed by atoms with E-state index in [0.717, 1.165) is 22.3 Å². The van der Waals surface area contributed by atoms with Gasteiger partial charge in [-0.1, -0.05) is 60.7 Å². The van der Waals surface area contributed by atoms with Crippen LogP contribution in [0.3, 0.4) is 0 Å². The third-order valence-electron chi connectivity index (χ3n) is 4.28. The summed E-state index contributed by atoms with van der Waals surface area (Å²) in [5.74, 6) is 1.15. The zero-order chi connectivity index (χ0) is 19.9. The lowest BCUT2D eigenvalue weighted by molar-refractivity contribution is 0.373. The second kappa shape index (κ2) is 8.82. The van der Waals surface area contributed by atoms with Gasteiger partial charge >= 0.3 is 0 Å². The fourth-order valence-corrected chi connectivity index (χ4v) is 2.72. The van der Waals surface area contributed by atoms with Gasteiger partial charge < -0.3 is 19.7 Å². The first-order valence-corrected chi connectivity index (χ1v) is 8.79. The molecule has 0 radical (unpaired) electrons. The first-order valence-electron chi connectivity index (χ1n) is 8.79. The number of hydrogen-bond donors (Lipinski definition) is 2. The number of hydrogen-bond acceptors (Lipinski definition) is 4. The van der Waals surface area contributed by atoms with Gasteiger partial charge in [0, 0.05) is 0 Å². The molecular formula is C24H22O4. The van der Waals surface area contributed by atoms with Gasteiger partial charge in [-0.05, 0) is 46.5 Å². The molecule has 2 N–H and O–H groups in total. The molecule has 0 fully saturated rings. The molecule has 0 saturated carbocycles. The van der Waals surface area contributed by atoms with Crippen LogP contribution in [0.2, 0.25) is 0 Å². The molecule has 142 valence electrons. The van der Waals surface area contributed by atoms with Crippen molar-refractivity contribution in [3.8, 4) is 23.0 Å². The van der Waals surface area contributed by atoms with Crippen LogP contribution in [0.15, 0.2) is 60.7 Å². The van der Waals surface area contributed by atoms with Crippen molar-refractivity contribution >= 4 is 24.3 Å². The number of rotatable bonds is 6. The van der Waals surface area contributed by atoms with Crippen molar-refractivity contribution < 1.29 is 19.7 Å². The van der Waals surface area contributed by atoms with E-state index in [-0.39, 0.29) is 11.5 Å². The second-order valence-electron chi connectivity index (χ2n) is 6.20. The number of aromatic hydroxyl groups is 2. The maximum atomic E-state index is 9.84. The standard InChI is InChI=1S/C24H22O4/c1-27-23-13-11-19(15-21(23)25)9-7-17-3-5-18(6-4-17)8-10-20-12-14-24(28-2)22(26)16-20/h3-16,25-26H,1-2H3/b9-7+,10-8+. The minimum absolute atomic E-state index is 0.120. The lowest BCUT2D eigenvalue weighted by Gasteiger charge is -2.03. The van der Waals surface area contributed by atoms with Crippen LogP contribution in [-0.4, -0.2) is 24.4 Å². The van der Waals surface area contributed by atoms with Gasteiger partial charge in [-0.2, -0.15) is 0 Å². The summed E-state index contributed by atoms with van der Waals surface area (Å²) in [6.07, 6.45) is 7.83. The third-order valence-corrected chi connectivity index (χ3v) is 4.28. The number of phenolic OH excluding ortho intramolecular Hbond substituents is 2. The van der Waals surface area contributed by atoms with E-state index in [0.29, 0.717) is 11.5 Å². The maximum absolute atomic E-state index is 9.84. The normalized spacial score (nSPS) is 11.2. The quantitative estimate of drug-likeness (QED) is 0.563. The van der Waals surface area contributed by atoms with Crippen LogP contribution < -0.4 is 9.47 Å². The molecule has 0 saturated heterocycles. The minimum Gasteiger partial charge on any atom is -0.504 e. The molecule has 0 aliphatic heterocycles. The fraction of sp³-hybridized carbons (Fsp3) is 0.0833. The number of ether oxygens (including phenoxy) is 2. The van der Waals surface area contributed by atoms with Crippen molar-refractivity contribution in [2.75, 3.05) is 14.2 Å². The molecular weight excluding hydrogens is 352 g/mol. The number of phenols is 2. The molecule has 4 heteroatoms. The predicted molar refractivity (Wildman–Crippen MR) is 114 cm³/mol. The average Bonchev–Trinajstić information content (AvgIpc) is 2.71. The van der Waals surface area contributed by atoms with Gasteiger partial charge in [-0.25, -0.2) is 0 Å². The highest BCUT2D eigenvalue weighted by Crippen LogP contribution is 2.28. The summed E-state index contributed by atoms with van der Waals surface area (Å²) in [6, 6.07) is 18.6.